The summed E-state index contributed by atoms with van der Waals surface area (Å²) in [6.07, 6.45) is 17.7. The summed E-state index contributed by atoms with van der Waals surface area (Å²) < 4.78 is 0. The third kappa shape index (κ3) is 16.7. The Labute approximate surface area is 132 Å². The van der Waals surface area contributed by atoms with Gasteiger partial charge in [0.15, 0.2) is 0 Å². The standard InChI is InChI=1S/C16H32.Na.H/c1-4-6-7-8-9-10-11-12-13-14-15-16(3)5-2;;/h5,16H,2,4,6-15H2,1,3H3;;. The zero-order valence-electron chi connectivity index (χ0n) is 11.6. The molecule has 0 rings (SSSR count). The van der Waals surface area contributed by atoms with Gasteiger partial charge in [0.1, 0.15) is 0 Å². The van der Waals surface area contributed by atoms with Gasteiger partial charge in [0, 0.05) is 0 Å². The van der Waals surface area contributed by atoms with Gasteiger partial charge in [-0.05, 0) is 12.3 Å². The van der Waals surface area contributed by atoms with Crippen LogP contribution in [-0.4, -0.2) is 29.6 Å². The number of hydrogen-bond donors (Lipinski definition) is 0. The van der Waals surface area contributed by atoms with Crippen molar-refractivity contribution in [3.63, 3.8) is 0 Å². The molecule has 0 aromatic heterocycles. The van der Waals surface area contributed by atoms with Crippen molar-refractivity contribution in [3.8, 4) is 0 Å². The van der Waals surface area contributed by atoms with Crippen molar-refractivity contribution in [2.45, 2.75) is 84.5 Å². The van der Waals surface area contributed by atoms with Crippen LogP contribution in [0.2, 0.25) is 0 Å². The van der Waals surface area contributed by atoms with Crippen LogP contribution in [0.15, 0.2) is 12.7 Å². The molecule has 0 N–H and O–H groups in total. The maximum absolute atomic E-state index is 3.82. The van der Waals surface area contributed by atoms with Crippen molar-refractivity contribution in [1.82, 2.24) is 0 Å². The molecule has 0 fully saturated rings. The molecule has 0 heterocycles. The number of unbranched alkanes of at least 4 members (excludes halogenated alkanes) is 9. The minimum atomic E-state index is 0. The molecule has 1 heteroatoms. The first-order chi connectivity index (χ1) is 7.81. The minimum absolute atomic E-state index is 0. The maximum atomic E-state index is 3.82. The molecular formula is C16H33Na. The SMILES string of the molecule is C=CC(C)CCCCCCCCCCCC.[NaH]. The molecule has 0 spiro atoms. The number of hydrogen-bond acceptors (Lipinski definition) is 0. The summed E-state index contributed by atoms with van der Waals surface area (Å²) in [5, 5.41) is 0. The summed E-state index contributed by atoms with van der Waals surface area (Å²) in [6, 6.07) is 0. The molecule has 1 unspecified atom stereocenters. The summed E-state index contributed by atoms with van der Waals surface area (Å²) in [5.41, 5.74) is 0. The van der Waals surface area contributed by atoms with E-state index in [4.69, 9.17) is 0 Å². The Morgan fingerprint density at radius 3 is 1.65 bits per heavy atom. The Morgan fingerprint density at radius 1 is 0.824 bits per heavy atom. The van der Waals surface area contributed by atoms with Gasteiger partial charge in [-0.1, -0.05) is 84.1 Å². The molecule has 0 saturated carbocycles. The molecule has 0 aliphatic carbocycles. The molecule has 0 aliphatic rings. The molecule has 0 aromatic carbocycles. The van der Waals surface area contributed by atoms with Crippen molar-refractivity contribution in [1.29, 1.82) is 0 Å². The summed E-state index contributed by atoms with van der Waals surface area (Å²) in [7, 11) is 0. The second-order valence-electron chi connectivity index (χ2n) is 5.18. The molecule has 1 atom stereocenters. The van der Waals surface area contributed by atoms with Gasteiger partial charge in [-0.25, -0.2) is 0 Å². The van der Waals surface area contributed by atoms with Crippen LogP contribution in [0.4, 0.5) is 0 Å². The third-order valence-corrected chi connectivity index (χ3v) is 3.42. The van der Waals surface area contributed by atoms with E-state index >= 15 is 0 Å². The molecule has 0 aliphatic heterocycles. The molecule has 0 aromatic rings. The van der Waals surface area contributed by atoms with E-state index in [1.807, 2.05) is 0 Å². The molecule has 0 bridgehead atoms. The predicted molar refractivity (Wildman–Crippen MR) is 83.0 cm³/mol. The van der Waals surface area contributed by atoms with Crippen LogP contribution < -0.4 is 0 Å². The van der Waals surface area contributed by atoms with Gasteiger partial charge in [-0.3, -0.25) is 0 Å². The van der Waals surface area contributed by atoms with E-state index in [0.717, 1.165) is 0 Å². The van der Waals surface area contributed by atoms with Crippen LogP contribution >= 0.6 is 0 Å². The average molecular weight is 248 g/mol. The van der Waals surface area contributed by atoms with Gasteiger partial charge in [0.25, 0.3) is 0 Å². The summed E-state index contributed by atoms with van der Waals surface area (Å²) in [6.45, 7) is 8.37. The summed E-state index contributed by atoms with van der Waals surface area (Å²) in [5.74, 6) is 0.717. The fourth-order valence-corrected chi connectivity index (χ4v) is 2.07. The fraction of sp³-hybridized carbons (Fsp3) is 0.875. The Hall–Kier alpha value is 0.740. The van der Waals surface area contributed by atoms with Crippen molar-refractivity contribution in [3.05, 3.63) is 12.7 Å². The molecular weight excluding hydrogens is 215 g/mol. The van der Waals surface area contributed by atoms with Gasteiger partial charge < -0.3 is 0 Å². The second kappa shape index (κ2) is 16.7. The van der Waals surface area contributed by atoms with E-state index in [2.05, 4.69) is 26.5 Å². The van der Waals surface area contributed by atoms with E-state index in [-0.39, 0.29) is 29.6 Å². The van der Waals surface area contributed by atoms with Crippen molar-refractivity contribution in [2.75, 3.05) is 0 Å². The Balaban J connectivity index is 0. The third-order valence-electron chi connectivity index (χ3n) is 3.42. The number of rotatable bonds is 12. The van der Waals surface area contributed by atoms with E-state index in [9.17, 15) is 0 Å². The van der Waals surface area contributed by atoms with Gasteiger partial charge in [-0.2, -0.15) is 0 Å². The second-order valence-corrected chi connectivity index (χ2v) is 5.18. The van der Waals surface area contributed by atoms with E-state index in [1.54, 1.807) is 0 Å². The molecule has 0 saturated heterocycles. The van der Waals surface area contributed by atoms with Gasteiger partial charge >= 0.3 is 29.6 Å². The predicted octanol–water partition coefficient (Wildman–Crippen LogP) is 5.47. The van der Waals surface area contributed by atoms with Crippen molar-refractivity contribution in [2.24, 2.45) is 5.92 Å². The molecule has 98 valence electrons. The first-order valence-electron chi connectivity index (χ1n) is 7.43. The van der Waals surface area contributed by atoms with Crippen molar-refractivity contribution < 1.29 is 0 Å². The van der Waals surface area contributed by atoms with E-state index in [1.165, 1.54) is 70.6 Å². The van der Waals surface area contributed by atoms with Crippen molar-refractivity contribution >= 4 is 29.6 Å². The van der Waals surface area contributed by atoms with Crippen LogP contribution in [0.1, 0.15) is 84.5 Å². The Morgan fingerprint density at radius 2 is 1.24 bits per heavy atom. The number of allylic oxidation sites excluding steroid dienone is 1. The molecule has 0 radical (unpaired) electrons. The topological polar surface area (TPSA) is 0 Å². The van der Waals surface area contributed by atoms with E-state index in [0.29, 0.717) is 5.92 Å². The van der Waals surface area contributed by atoms with Crippen LogP contribution in [0.3, 0.4) is 0 Å². The normalized spacial score (nSPS) is 11.9. The molecule has 17 heavy (non-hydrogen) atoms. The molecule has 0 amide bonds. The summed E-state index contributed by atoms with van der Waals surface area (Å²) in [4.78, 5) is 0. The zero-order valence-corrected chi connectivity index (χ0v) is 11.6. The fourth-order valence-electron chi connectivity index (χ4n) is 2.07. The van der Waals surface area contributed by atoms with Crippen LogP contribution in [0.25, 0.3) is 0 Å². The van der Waals surface area contributed by atoms with Gasteiger partial charge in [0.2, 0.25) is 0 Å². The van der Waals surface area contributed by atoms with Crippen LogP contribution in [0.5, 0.6) is 0 Å². The first kappa shape index (κ1) is 20.1. The van der Waals surface area contributed by atoms with E-state index < -0.39 is 0 Å². The van der Waals surface area contributed by atoms with Gasteiger partial charge in [0.05, 0.1) is 0 Å². The quantitative estimate of drug-likeness (QED) is 0.244. The monoisotopic (exact) mass is 248 g/mol. The first-order valence-corrected chi connectivity index (χ1v) is 7.43. The van der Waals surface area contributed by atoms with Crippen LogP contribution in [0, 0.1) is 5.92 Å². The summed E-state index contributed by atoms with van der Waals surface area (Å²) >= 11 is 0. The zero-order chi connectivity index (χ0) is 12.1. The van der Waals surface area contributed by atoms with Crippen LogP contribution in [-0.2, 0) is 0 Å². The molecule has 0 nitrogen and oxygen atoms in total. The Bertz CT molecular complexity index is 142. The average Bonchev–Trinajstić information content (AvgIpc) is 2.31. The van der Waals surface area contributed by atoms with Gasteiger partial charge in [-0.15, -0.1) is 6.58 Å². The Kier molecular flexibility index (Phi) is 19.8.